The second-order valence-electron chi connectivity index (χ2n) is 4.00. The van der Waals surface area contributed by atoms with Crippen molar-refractivity contribution in [2.24, 2.45) is 5.73 Å². The highest BCUT2D eigenvalue weighted by Crippen LogP contribution is 2.26. The molecule has 0 aliphatic rings. The summed E-state index contributed by atoms with van der Waals surface area (Å²) in [7, 11) is 0. The lowest BCUT2D eigenvalue weighted by Gasteiger charge is -2.18. The Kier molecular flexibility index (Phi) is 4.76. The summed E-state index contributed by atoms with van der Waals surface area (Å²) >= 11 is 5.91. The van der Waals surface area contributed by atoms with Gasteiger partial charge in [-0.15, -0.1) is 0 Å². The van der Waals surface area contributed by atoms with Crippen LogP contribution in [0.5, 0.6) is 0 Å². The third-order valence-electron chi connectivity index (χ3n) is 2.68. The minimum Gasteiger partial charge on any atom is -0.367 e. The molecule has 2 nitrogen and oxygen atoms in total. The lowest BCUT2D eigenvalue weighted by molar-refractivity contribution is 0.0864. The van der Waals surface area contributed by atoms with E-state index < -0.39 is 0 Å². The minimum atomic E-state index is -0.0907. The maximum absolute atomic E-state index is 5.91. The van der Waals surface area contributed by atoms with Crippen molar-refractivity contribution in [3.8, 4) is 0 Å². The fraction of sp³-hybridized carbons (Fsp3) is 0.200. The van der Waals surface area contributed by atoms with Gasteiger partial charge in [-0.2, -0.15) is 0 Å². The van der Waals surface area contributed by atoms with Gasteiger partial charge in [0.25, 0.3) is 0 Å². The molecule has 0 saturated heterocycles. The fourth-order valence-corrected chi connectivity index (χ4v) is 1.96. The summed E-state index contributed by atoms with van der Waals surface area (Å²) in [6, 6.07) is 17.8. The summed E-state index contributed by atoms with van der Waals surface area (Å²) in [5.74, 6) is 0. The molecule has 0 fully saturated rings. The molecule has 0 heterocycles. The maximum atomic E-state index is 5.91. The molecule has 1 unspecified atom stereocenters. The smallest absolute Gasteiger partial charge is 0.108 e. The van der Waals surface area contributed by atoms with Crippen LogP contribution in [0.3, 0.4) is 0 Å². The molecule has 2 rings (SSSR count). The second-order valence-corrected chi connectivity index (χ2v) is 4.44. The Balaban J connectivity index is 2.27. The van der Waals surface area contributed by atoms with E-state index in [1.165, 1.54) is 0 Å². The minimum absolute atomic E-state index is 0.0907. The van der Waals surface area contributed by atoms with Crippen molar-refractivity contribution in [2.45, 2.75) is 6.10 Å². The van der Waals surface area contributed by atoms with Crippen LogP contribution in [0, 0.1) is 0 Å². The average Bonchev–Trinajstić information content (AvgIpc) is 2.42. The molecule has 18 heavy (non-hydrogen) atoms. The molecule has 2 aromatic carbocycles. The van der Waals surface area contributed by atoms with Crippen LogP contribution in [-0.4, -0.2) is 13.2 Å². The Morgan fingerprint density at radius 3 is 2.17 bits per heavy atom. The predicted molar refractivity (Wildman–Crippen MR) is 74.7 cm³/mol. The van der Waals surface area contributed by atoms with Gasteiger partial charge in [-0.3, -0.25) is 0 Å². The summed E-state index contributed by atoms with van der Waals surface area (Å²) in [6.45, 7) is 1.04. The van der Waals surface area contributed by atoms with E-state index in [1.54, 1.807) is 0 Å². The van der Waals surface area contributed by atoms with E-state index in [1.807, 2.05) is 42.5 Å². The number of hydrogen-bond acceptors (Lipinski definition) is 2. The Morgan fingerprint density at radius 1 is 0.944 bits per heavy atom. The van der Waals surface area contributed by atoms with Gasteiger partial charge >= 0.3 is 0 Å². The first-order valence-corrected chi connectivity index (χ1v) is 6.31. The number of halogens is 1. The summed E-state index contributed by atoms with van der Waals surface area (Å²) < 4.78 is 5.84. The van der Waals surface area contributed by atoms with E-state index in [9.17, 15) is 0 Å². The van der Waals surface area contributed by atoms with Crippen LogP contribution in [0.2, 0.25) is 5.02 Å². The van der Waals surface area contributed by atoms with Gasteiger partial charge in [0.15, 0.2) is 0 Å². The van der Waals surface area contributed by atoms with E-state index in [0.717, 1.165) is 16.1 Å². The number of nitrogens with two attached hydrogens (primary N) is 1. The highest BCUT2D eigenvalue weighted by Gasteiger charge is 2.13. The van der Waals surface area contributed by atoms with Gasteiger partial charge in [-0.25, -0.2) is 0 Å². The van der Waals surface area contributed by atoms with Gasteiger partial charge in [-0.1, -0.05) is 54.1 Å². The zero-order valence-electron chi connectivity index (χ0n) is 10.1. The van der Waals surface area contributed by atoms with E-state index in [-0.39, 0.29) is 6.10 Å². The summed E-state index contributed by atoms with van der Waals surface area (Å²) in [5.41, 5.74) is 7.71. The van der Waals surface area contributed by atoms with Crippen LogP contribution in [0.1, 0.15) is 17.2 Å². The van der Waals surface area contributed by atoms with Crippen LogP contribution >= 0.6 is 11.6 Å². The van der Waals surface area contributed by atoms with Gasteiger partial charge in [-0.05, 0) is 23.3 Å². The standard InChI is InChI=1S/C15H16ClNO/c16-14-8-6-13(7-9-14)15(18-11-10-17)12-4-2-1-3-5-12/h1-9,15H,10-11,17H2. The van der Waals surface area contributed by atoms with Gasteiger partial charge in [0.05, 0.1) is 6.61 Å². The zero-order chi connectivity index (χ0) is 12.8. The van der Waals surface area contributed by atoms with Gasteiger partial charge in [0.1, 0.15) is 6.10 Å². The first-order valence-electron chi connectivity index (χ1n) is 5.93. The molecular weight excluding hydrogens is 246 g/mol. The van der Waals surface area contributed by atoms with Gasteiger partial charge < -0.3 is 10.5 Å². The lowest BCUT2D eigenvalue weighted by atomic mass is 10.0. The molecule has 0 aliphatic heterocycles. The van der Waals surface area contributed by atoms with E-state index in [2.05, 4.69) is 12.1 Å². The lowest BCUT2D eigenvalue weighted by Crippen LogP contribution is -2.13. The maximum Gasteiger partial charge on any atom is 0.108 e. The van der Waals surface area contributed by atoms with Crippen LogP contribution in [0.4, 0.5) is 0 Å². The van der Waals surface area contributed by atoms with Crippen LogP contribution in [-0.2, 0) is 4.74 Å². The molecule has 0 amide bonds. The molecular formula is C15H16ClNO. The fourth-order valence-electron chi connectivity index (χ4n) is 1.84. The van der Waals surface area contributed by atoms with Gasteiger partial charge in [0.2, 0.25) is 0 Å². The number of hydrogen-bond donors (Lipinski definition) is 1. The monoisotopic (exact) mass is 261 g/mol. The van der Waals surface area contributed by atoms with Crippen LogP contribution < -0.4 is 5.73 Å². The quantitative estimate of drug-likeness (QED) is 0.895. The third kappa shape index (κ3) is 3.33. The van der Waals surface area contributed by atoms with Crippen molar-refractivity contribution in [3.63, 3.8) is 0 Å². The molecule has 0 aliphatic carbocycles. The van der Waals surface area contributed by atoms with Crippen molar-refractivity contribution in [1.29, 1.82) is 0 Å². The van der Waals surface area contributed by atoms with Crippen molar-refractivity contribution in [1.82, 2.24) is 0 Å². The third-order valence-corrected chi connectivity index (χ3v) is 2.93. The molecule has 0 aromatic heterocycles. The molecule has 2 N–H and O–H groups in total. The van der Waals surface area contributed by atoms with E-state index >= 15 is 0 Å². The Bertz CT molecular complexity index is 470. The number of ether oxygens (including phenoxy) is 1. The number of rotatable bonds is 5. The van der Waals surface area contributed by atoms with Crippen molar-refractivity contribution >= 4 is 11.6 Å². The molecule has 0 saturated carbocycles. The Hall–Kier alpha value is -1.35. The van der Waals surface area contributed by atoms with Crippen LogP contribution in [0.25, 0.3) is 0 Å². The van der Waals surface area contributed by atoms with E-state index in [0.29, 0.717) is 13.2 Å². The highest BCUT2D eigenvalue weighted by molar-refractivity contribution is 6.30. The molecule has 1 atom stereocenters. The summed E-state index contributed by atoms with van der Waals surface area (Å²) in [6.07, 6.45) is -0.0907. The zero-order valence-corrected chi connectivity index (χ0v) is 10.8. The molecule has 0 spiro atoms. The number of benzene rings is 2. The molecule has 3 heteroatoms. The second kappa shape index (κ2) is 6.55. The first-order chi connectivity index (χ1) is 8.81. The average molecular weight is 262 g/mol. The topological polar surface area (TPSA) is 35.2 Å². The van der Waals surface area contributed by atoms with Crippen LogP contribution in [0.15, 0.2) is 54.6 Å². The summed E-state index contributed by atoms with van der Waals surface area (Å²) in [4.78, 5) is 0. The normalized spacial score (nSPS) is 12.3. The van der Waals surface area contributed by atoms with E-state index in [4.69, 9.17) is 22.1 Å². The Morgan fingerprint density at radius 2 is 1.56 bits per heavy atom. The molecule has 0 bridgehead atoms. The first kappa shape index (κ1) is 13.1. The van der Waals surface area contributed by atoms with Crippen molar-refractivity contribution in [2.75, 3.05) is 13.2 Å². The predicted octanol–water partition coefficient (Wildman–Crippen LogP) is 3.40. The summed E-state index contributed by atoms with van der Waals surface area (Å²) in [5, 5.41) is 0.726. The SMILES string of the molecule is NCCOC(c1ccccc1)c1ccc(Cl)cc1. The largest absolute Gasteiger partial charge is 0.367 e. The van der Waals surface area contributed by atoms with Gasteiger partial charge in [0, 0.05) is 11.6 Å². The van der Waals surface area contributed by atoms with Crippen molar-refractivity contribution in [3.05, 3.63) is 70.7 Å². The molecule has 2 aromatic rings. The molecule has 94 valence electrons. The molecule has 0 radical (unpaired) electrons. The highest BCUT2D eigenvalue weighted by atomic mass is 35.5. The Labute approximate surface area is 112 Å². The van der Waals surface area contributed by atoms with Crippen molar-refractivity contribution < 1.29 is 4.74 Å².